The van der Waals surface area contributed by atoms with Gasteiger partial charge in [0.15, 0.2) is 17.3 Å². The Morgan fingerprint density at radius 2 is 1.93 bits per heavy atom. The Balaban J connectivity index is 1.91. The van der Waals surface area contributed by atoms with Crippen LogP contribution in [0.15, 0.2) is 47.6 Å². The molecule has 0 unspecified atom stereocenters. The lowest BCUT2D eigenvalue weighted by Crippen LogP contribution is -2.21. The lowest BCUT2D eigenvalue weighted by Gasteiger charge is -2.20. The highest BCUT2D eigenvalue weighted by Crippen LogP contribution is 2.26. The van der Waals surface area contributed by atoms with Gasteiger partial charge in [-0.2, -0.15) is 14.9 Å². The summed E-state index contributed by atoms with van der Waals surface area (Å²) in [5.41, 5.74) is 2.83. The molecule has 0 aliphatic carbocycles. The van der Waals surface area contributed by atoms with Gasteiger partial charge in [-0.25, -0.2) is 5.10 Å². The zero-order chi connectivity index (χ0) is 20.1. The van der Waals surface area contributed by atoms with Crippen molar-refractivity contribution in [3.63, 3.8) is 0 Å². The Hall–Kier alpha value is -3.13. The van der Waals surface area contributed by atoms with Gasteiger partial charge in [0.2, 0.25) is 4.77 Å². The Kier molecular flexibility index (Phi) is 6.10. The molecule has 28 heavy (non-hydrogen) atoms. The van der Waals surface area contributed by atoms with Gasteiger partial charge >= 0.3 is 0 Å². The molecule has 1 heterocycles. The van der Waals surface area contributed by atoms with Crippen molar-refractivity contribution in [1.82, 2.24) is 14.9 Å². The molecule has 2 N–H and O–H groups in total. The summed E-state index contributed by atoms with van der Waals surface area (Å²) in [6, 6.07) is 13.1. The summed E-state index contributed by atoms with van der Waals surface area (Å²) in [5.74, 6) is 1.08. The lowest BCUT2D eigenvalue weighted by atomic mass is 10.2. The quantitative estimate of drug-likeness (QED) is 0.464. The van der Waals surface area contributed by atoms with E-state index >= 15 is 0 Å². The van der Waals surface area contributed by atoms with Crippen molar-refractivity contribution < 1.29 is 9.84 Å². The zero-order valence-electron chi connectivity index (χ0n) is 16.1. The second-order valence-electron chi connectivity index (χ2n) is 6.06. The molecule has 0 aliphatic heterocycles. The van der Waals surface area contributed by atoms with Gasteiger partial charge in [0.25, 0.3) is 0 Å². The van der Waals surface area contributed by atoms with E-state index in [1.54, 1.807) is 29.1 Å². The van der Waals surface area contributed by atoms with Gasteiger partial charge in [-0.05, 0) is 74.1 Å². The SMILES string of the molecule is CCN(CC)c1ccc(-c2n[nH]c(=S)n2N=Cc2ccc(O)c(OC)c2)cc1. The maximum atomic E-state index is 9.71. The summed E-state index contributed by atoms with van der Waals surface area (Å²) >= 11 is 5.32. The first-order valence-electron chi connectivity index (χ1n) is 9.01. The smallest absolute Gasteiger partial charge is 0.216 e. The van der Waals surface area contributed by atoms with Crippen molar-refractivity contribution in [2.24, 2.45) is 5.10 Å². The number of phenols is 1. The molecule has 0 saturated carbocycles. The monoisotopic (exact) mass is 397 g/mol. The van der Waals surface area contributed by atoms with Gasteiger partial charge in [-0.3, -0.25) is 0 Å². The molecule has 0 spiro atoms. The maximum absolute atomic E-state index is 9.71. The van der Waals surface area contributed by atoms with Gasteiger partial charge in [0.05, 0.1) is 13.3 Å². The van der Waals surface area contributed by atoms with Crippen molar-refractivity contribution in [2.75, 3.05) is 25.1 Å². The van der Waals surface area contributed by atoms with Crippen molar-refractivity contribution in [3.05, 3.63) is 52.8 Å². The Morgan fingerprint density at radius 3 is 2.57 bits per heavy atom. The number of ether oxygens (including phenoxy) is 1. The van der Waals surface area contributed by atoms with Crippen LogP contribution in [-0.2, 0) is 0 Å². The predicted molar refractivity (Wildman–Crippen MR) is 114 cm³/mol. The minimum absolute atomic E-state index is 0.0774. The molecule has 3 aromatic rings. The van der Waals surface area contributed by atoms with Crippen LogP contribution >= 0.6 is 12.2 Å². The molecular formula is C20H23N5O2S. The number of rotatable bonds is 7. The topological polar surface area (TPSA) is 78.7 Å². The molecule has 146 valence electrons. The van der Waals surface area contributed by atoms with Crippen molar-refractivity contribution in [1.29, 1.82) is 0 Å². The first-order valence-corrected chi connectivity index (χ1v) is 9.42. The normalized spacial score (nSPS) is 11.1. The van der Waals surface area contributed by atoms with E-state index in [1.807, 2.05) is 12.1 Å². The Bertz CT molecular complexity index is 1020. The molecule has 7 nitrogen and oxygen atoms in total. The Labute approximate surface area is 168 Å². The number of hydrogen-bond donors (Lipinski definition) is 2. The van der Waals surface area contributed by atoms with Gasteiger partial charge < -0.3 is 14.7 Å². The average Bonchev–Trinajstić information content (AvgIpc) is 3.09. The fraction of sp³-hybridized carbons (Fsp3) is 0.250. The predicted octanol–water partition coefficient (Wildman–Crippen LogP) is 4.05. The molecule has 8 heteroatoms. The van der Waals surface area contributed by atoms with Crippen LogP contribution < -0.4 is 9.64 Å². The van der Waals surface area contributed by atoms with Crippen molar-refractivity contribution in [2.45, 2.75) is 13.8 Å². The van der Waals surface area contributed by atoms with E-state index < -0.39 is 0 Å². The van der Waals surface area contributed by atoms with Gasteiger partial charge in [0, 0.05) is 24.3 Å². The van der Waals surface area contributed by atoms with E-state index in [4.69, 9.17) is 17.0 Å². The number of aromatic amines is 1. The summed E-state index contributed by atoms with van der Waals surface area (Å²) < 4.78 is 7.09. The number of phenolic OH excluding ortho intramolecular Hbond substituents is 1. The number of H-pyrrole nitrogens is 1. The minimum atomic E-state index is 0.0774. The number of nitrogens with zero attached hydrogens (tertiary/aromatic N) is 4. The molecule has 0 radical (unpaired) electrons. The molecule has 0 fully saturated rings. The number of aromatic hydroxyl groups is 1. The summed E-state index contributed by atoms with van der Waals surface area (Å²) in [6.07, 6.45) is 1.64. The van der Waals surface area contributed by atoms with Crippen LogP contribution in [0.2, 0.25) is 0 Å². The van der Waals surface area contributed by atoms with E-state index in [2.05, 4.69) is 46.2 Å². The van der Waals surface area contributed by atoms with Crippen LogP contribution in [0.1, 0.15) is 19.4 Å². The van der Waals surface area contributed by atoms with Crippen LogP contribution in [0.3, 0.4) is 0 Å². The second kappa shape index (κ2) is 8.71. The highest BCUT2D eigenvalue weighted by molar-refractivity contribution is 7.71. The molecule has 1 aromatic heterocycles. The fourth-order valence-electron chi connectivity index (χ4n) is 2.89. The summed E-state index contributed by atoms with van der Waals surface area (Å²) in [4.78, 5) is 2.28. The number of nitrogens with one attached hydrogen (secondary N) is 1. The molecule has 0 aliphatic rings. The van der Waals surface area contributed by atoms with Crippen LogP contribution in [-0.4, -0.2) is 46.4 Å². The van der Waals surface area contributed by atoms with Crippen LogP contribution in [0.4, 0.5) is 5.69 Å². The van der Waals surface area contributed by atoms with E-state index in [9.17, 15) is 5.11 Å². The molecular weight excluding hydrogens is 374 g/mol. The van der Waals surface area contributed by atoms with Crippen molar-refractivity contribution in [3.8, 4) is 22.9 Å². The lowest BCUT2D eigenvalue weighted by molar-refractivity contribution is 0.373. The molecule has 0 amide bonds. The number of methoxy groups -OCH3 is 1. The van der Waals surface area contributed by atoms with Gasteiger partial charge in [-0.15, -0.1) is 0 Å². The van der Waals surface area contributed by atoms with Gasteiger partial charge in [-0.1, -0.05) is 0 Å². The average molecular weight is 398 g/mol. The number of anilines is 1. The zero-order valence-corrected chi connectivity index (χ0v) is 16.9. The molecule has 0 atom stereocenters. The van der Waals surface area contributed by atoms with Crippen LogP contribution in [0.5, 0.6) is 11.5 Å². The first kappa shape index (κ1) is 19.6. The highest BCUT2D eigenvalue weighted by Gasteiger charge is 2.10. The van der Waals surface area contributed by atoms with E-state index in [1.165, 1.54) is 7.11 Å². The molecule has 0 saturated heterocycles. The summed E-state index contributed by atoms with van der Waals surface area (Å²) in [7, 11) is 1.50. The van der Waals surface area contributed by atoms with Gasteiger partial charge in [0.1, 0.15) is 0 Å². The summed E-state index contributed by atoms with van der Waals surface area (Å²) in [5, 5.41) is 21.3. The summed E-state index contributed by atoms with van der Waals surface area (Å²) in [6.45, 7) is 6.18. The third-order valence-corrected chi connectivity index (χ3v) is 4.69. The second-order valence-corrected chi connectivity index (χ2v) is 6.45. The van der Waals surface area contributed by atoms with E-state index in [0.29, 0.717) is 16.3 Å². The standard InChI is InChI=1S/C20H23N5O2S/c1-4-24(5-2)16-9-7-15(8-10-16)19-22-23-20(28)25(19)21-13-14-6-11-17(26)18(12-14)27-3/h6-13,26H,4-5H2,1-3H3,(H,23,28). The van der Waals surface area contributed by atoms with Crippen molar-refractivity contribution >= 4 is 24.1 Å². The largest absolute Gasteiger partial charge is 0.504 e. The molecule has 2 aromatic carbocycles. The van der Waals surface area contributed by atoms with Crippen LogP contribution in [0.25, 0.3) is 11.4 Å². The third-order valence-electron chi connectivity index (χ3n) is 4.43. The fourth-order valence-corrected chi connectivity index (χ4v) is 3.07. The number of benzene rings is 2. The number of aromatic nitrogens is 3. The third kappa shape index (κ3) is 4.07. The maximum Gasteiger partial charge on any atom is 0.216 e. The van der Waals surface area contributed by atoms with E-state index in [0.717, 1.165) is 29.9 Å². The highest BCUT2D eigenvalue weighted by atomic mass is 32.1. The molecule has 0 bridgehead atoms. The number of hydrogen-bond acceptors (Lipinski definition) is 6. The first-order chi connectivity index (χ1) is 13.6. The van der Waals surface area contributed by atoms with E-state index in [-0.39, 0.29) is 5.75 Å². The van der Waals surface area contributed by atoms with Crippen LogP contribution in [0, 0.1) is 4.77 Å². The minimum Gasteiger partial charge on any atom is -0.504 e. The Morgan fingerprint density at radius 1 is 1.21 bits per heavy atom. The molecule has 3 rings (SSSR count).